The first kappa shape index (κ1) is 20.7. The fourth-order valence-electron chi connectivity index (χ4n) is 3.53. The second-order valence-electron chi connectivity index (χ2n) is 7.44. The van der Waals surface area contributed by atoms with Crippen LogP contribution in [0.4, 0.5) is 0 Å². The number of hydrogen-bond acceptors (Lipinski definition) is 3. The first-order chi connectivity index (χ1) is 12.8. The average Bonchev–Trinajstić information content (AvgIpc) is 3.06. The van der Waals surface area contributed by atoms with Crippen molar-refractivity contribution in [3.63, 3.8) is 0 Å². The first-order valence-electron chi connectivity index (χ1n) is 10.7. The summed E-state index contributed by atoms with van der Waals surface area (Å²) in [6, 6.07) is 0. The molecule has 2 rings (SSSR count). The van der Waals surface area contributed by atoms with Crippen LogP contribution in [-0.2, 0) is 6.54 Å². The number of rotatable bonds is 15. The second kappa shape index (κ2) is 12.7. The van der Waals surface area contributed by atoms with Crippen molar-refractivity contribution in [3.05, 3.63) is 23.0 Å². The van der Waals surface area contributed by atoms with Crippen molar-refractivity contribution in [2.24, 2.45) is 0 Å². The van der Waals surface area contributed by atoms with E-state index in [9.17, 15) is 4.79 Å². The molecule has 146 valence electrons. The number of unbranched alkanes of at least 4 members (excludes halogenated alkanes) is 13. The van der Waals surface area contributed by atoms with E-state index < -0.39 is 0 Å². The monoisotopic (exact) mass is 360 g/mol. The Balaban J connectivity index is 1.43. The second-order valence-corrected chi connectivity index (χ2v) is 7.44. The molecule has 0 spiro atoms. The molecule has 0 unspecified atom stereocenters. The minimum atomic E-state index is -0.158. The minimum absolute atomic E-state index is 0.158. The van der Waals surface area contributed by atoms with Gasteiger partial charge in [-0.25, -0.2) is 9.97 Å². The van der Waals surface area contributed by atoms with Crippen molar-refractivity contribution < 1.29 is 0 Å². The molecule has 2 aromatic heterocycles. The van der Waals surface area contributed by atoms with Gasteiger partial charge in [0.25, 0.3) is 5.56 Å². The predicted molar refractivity (Wildman–Crippen MR) is 108 cm³/mol. The summed E-state index contributed by atoms with van der Waals surface area (Å²) >= 11 is 0. The van der Waals surface area contributed by atoms with Crippen molar-refractivity contribution >= 4 is 11.2 Å². The molecular weight excluding hydrogens is 324 g/mol. The number of nitrogens with one attached hydrogen (secondary N) is 1. The van der Waals surface area contributed by atoms with Crippen LogP contribution in [0.1, 0.15) is 96.8 Å². The molecule has 0 atom stereocenters. The molecule has 0 amide bonds. The van der Waals surface area contributed by atoms with Gasteiger partial charge in [0.05, 0.1) is 12.7 Å². The van der Waals surface area contributed by atoms with Crippen LogP contribution in [0.5, 0.6) is 0 Å². The van der Waals surface area contributed by atoms with Crippen LogP contribution in [0.15, 0.2) is 17.4 Å². The predicted octanol–water partition coefficient (Wildman–Crippen LogP) is 5.60. The molecule has 0 fully saturated rings. The smallest absolute Gasteiger partial charge is 0.278 e. The third-order valence-corrected chi connectivity index (χ3v) is 5.16. The minimum Gasteiger partial charge on any atom is -0.315 e. The first-order valence-corrected chi connectivity index (χ1v) is 10.7. The highest BCUT2D eigenvalue weighted by Crippen LogP contribution is 2.13. The Kier molecular flexibility index (Phi) is 10.1. The van der Waals surface area contributed by atoms with Crippen molar-refractivity contribution in [2.45, 2.75) is 103 Å². The summed E-state index contributed by atoms with van der Waals surface area (Å²) in [5.41, 5.74) is 0.982. The number of aromatic nitrogens is 4. The largest absolute Gasteiger partial charge is 0.315 e. The molecule has 26 heavy (non-hydrogen) atoms. The maximum atomic E-state index is 11.6. The van der Waals surface area contributed by atoms with E-state index in [1.165, 1.54) is 89.8 Å². The van der Waals surface area contributed by atoms with Crippen LogP contribution < -0.4 is 5.56 Å². The van der Waals surface area contributed by atoms with Crippen LogP contribution in [-0.4, -0.2) is 19.5 Å². The van der Waals surface area contributed by atoms with E-state index in [0.717, 1.165) is 13.0 Å². The summed E-state index contributed by atoms with van der Waals surface area (Å²) < 4.78 is 1.99. The van der Waals surface area contributed by atoms with E-state index in [2.05, 4.69) is 21.9 Å². The zero-order valence-corrected chi connectivity index (χ0v) is 16.5. The van der Waals surface area contributed by atoms with Crippen LogP contribution >= 0.6 is 0 Å². The lowest BCUT2D eigenvalue weighted by molar-refractivity contribution is 0.525. The third kappa shape index (κ3) is 7.30. The Bertz CT molecular complexity index is 661. The molecule has 0 saturated carbocycles. The van der Waals surface area contributed by atoms with Gasteiger partial charge in [-0.05, 0) is 6.42 Å². The van der Waals surface area contributed by atoms with Gasteiger partial charge in [0, 0.05) is 6.54 Å². The van der Waals surface area contributed by atoms with E-state index in [4.69, 9.17) is 0 Å². The fourth-order valence-corrected chi connectivity index (χ4v) is 3.53. The van der Waals surface area contributed by atoms with Crippen LogP contribution in [0.2, 0.25) is 0 Å². The van der Waals surface area contributed by atoms with E-state index >= 15 is 0 Å². The molecular formula is C21H36N4O. The Morgan fingerprint density at radius 2 is 1.35 bits per heavy atom. The highest BCUT2D eigenvalue weighted by molar-refractivity contribution is 5.68. The van der Waals surface area contributed by atoms with Crippen molar-refractivity contribution in [1.82, 2.24) is 19.5 Å². The summed E-state index contributed by atoms with van der Waals surface area (Å²) in [5.74, 6) is 0. The highest BCUT2D eigenvalue weighted by Gasteiger charge is 2.06. The number of H-pyrrole nitrogens is 1. The zero-order chi connectivity index (χ0) is 18.5. The van der Waals surface area contributed by atoms with E-state index in [0.29, 0.717) is 11.2 Å². The molecule has 5 nitrogen and oxygen atoms in total. The van der Waals surface area contributed by atoms with Crippen molar-refractivity contribution in [2.75, 3.05) is 0 Å². The highest BCUT2D eigenvalue weighted by atomic mass is 16.1. The number of nitrogens with zero attached hydrogens (tertiary/aromatic N) is 3. The summed E-state index contributed by atoms with van der Waals surface area (Å²) in [7, 11) is 0. The van der Waals surface area contributed by atoms with Gasteiger partial charge in [0.1, 0.15) is 0 Å². The number of imidazole rings is 1. The maximum Gasteiger partial charge on any atom is 0.278 e. The van der Waals surface area contributed by atoms with E-state index in [1.54, 1.807) is 6.33 Å². The fraction of sp³-hybridized carbons (Fsp3) is 0.762. The summed E-state index contributed by atoms with van der Waals surface area (Å²) in [6.45, 7) is 3.17. The number of aromatic amines is 1. The lowest BCUT2D eigenvalue weighted by Crippen LogP contribution is -2.07. The Morgan fingerprint density at radius 3 is 1.92 bits per heavy atom. The molecule has 0 bridgehead atoms. The topological polar surface area (TPSA) is 63.6 Å². The van der Waals surface area contributed by atoms with Gasteiger partial charge >= 0.3 is 0 Å². The van der Waals surface area contributed by atoms with Gasteiger partial charge in [-0.15, -0.1) is 0 Å². The lowest BCUT2D eigenvalue weighted by Gasteiger charge is -2.04. The van der Waals surface area contributed by atoms with E-state index in [1.807, 2.05) is 4.57 Å². The summed E-state index contributed by atoms with van der Waals surface area (Å²) in [6.07, 6.45) is 22.3. The Hall–Kier alpha value is -1.65. The number of aryl methyl sites for hydroxylation is 1. The summed E-state index contributed by atoms with van der Waals surface area (Å²) in [4.78, 5) is 22.6. The molecule has 5 heteroatoms. The van der Waals surface area contributed by atoms with Gasteiger partial charge in [-0.2, -0.15) is 0 Å². The number of fused-ring (bicyclic) bond motifs is 1. The molecule has 0 saturated heterocycles. The molecule has 0 aliphatic carbocycles. The van der Waals surface area contributed by atoms with E-state index in [-0.39, 0.29) is 5.56 Å². The Morgan fingerprint density at radius 1 is 0.808 bits per heavy atom. The zero-order valence-electron chi connectivity index (χ0n) is 16.5. The molecule has 2 aromatic rings. The standard InChI is InChI=1S/C21H36N4O/c1-2-3-4-5-6-7-8-9-10-11-12-13-14-15-16-25-18-24-19-20(25)22-17-23-21(19)26/h17-18H,2-16H2,1H3,(H,22,23,26). The van der Waals surface area contributed by atoms with Crippen LogP contribution in [0.3, 0.4) is 0 Å². The quantitative estimate of drug-likeness (QED) is 0.420. The maximum absolute atomic E-state index is 11.6. The van der Waals surface area contributed by atoms with Gasteiger partial charge < -0.3 is 9.55 Å². The third-order valence-electron chi connectivity index (χ3n) is 5.16. The van der Waals surface area contributed by atoms with Gasteiger partial charge in [-0.3, -0.25) is 4.79 Å². The summed E-state index contributed by atoms with van der Waals surface area (Å²) in [5, 5.41) is 0. The normalized spacial score (nSPS) is 11.4. The molecule has 0 aliphatic rings. The van der Waals surface area contributed by atoms with Gasteiger partial charge in [0.2, 0.25) is 0 Å². The molecule has 0 radical (unpaired) electrons. The van der Waals surface area contributed by atoms with Crippen LogP contribution in [0.25, 0.3) is 11.2 Å². The Labute approximate surface area is 157 Å². The van der Waals surface area contributed by atoms with Crippen molar-refractivity contribution in [1.29, 1.82) is 0 Å². The average molecular weight is 361 g/mol. The van der Waals surface area contributed by atoms with Gasteiger partial charge in [0.15, 0.2) is 11.2 Å². The lowest BCUT2D eigenvalue weighted by atomic mass is 10.0. The van der Waals surface area contributed by atoms with Gasteiger partial charge in [-0.1, -0.05) is 90.4 Å². The van der Waals surface area contributed by atoms with Crippen molar-refractivity contribution in [3.8, 4) is 0 Å². The molecule has 0 aromatic carbocycles. The number of hydrogen-bond donors (Lipinski definition) is 1. The molecule has 0 aliphatic heterocycles. The SMILES string of the molecule is CCCCCCCCCCCCCCCCn1cnc2c(=O)[nH]cnc21. The molecule has 1 N–H and O–H groups in total. The molecule has 2 heterocycles. The van der Waals surface area contributed by atoms with Crippen LogP contribution in [0, 0.1) is 0 Å².